The number of fused-ring (bicyclic) bond motifs is 1. The van der Waals surface area contributed by atoms with Crippen LogP contribution in [0.3, 0.4) is 0 Å². The minimum atomic E-state index is -1.04. The second-order valence-electron chi connectivity index (χ2n) is 5.95. The van der Waals surface area contributed by atoms with Crippen LogP contribution in [0.15, 0.2) is 52.9 Å². The van der Waals surface area contributed by atoms with Crippen molar-refractivity contribution in [1.82, 2.24) is 0 Å². The van der Waals surface area contributed by atoms with E-state index >= 15 is 0 Å². The van der Waals surface area contributed by atoms with Crippen molar-refractivity contribution in [1.29, 1.82) is 0 Å². The van der Waals surface area contributed by atoms with Gasteiger partial charge < -0.3 is 9.66 Å². The Morgan fingerprint density at radius 2 is 1.85 bits per heavy atom. The maximum atomic E-state index is 13.7. The van der Waals surface area contributed by atoms with Gasteiger partial charge in [0.05, 0.1) is 6.42 Å². The molecule has 0 spiro atoms. The number of carboxylic acids is 1. The van der Waals surface area contributed by atoms with Crippen LogP contribution in [0.25, 0.3) is 17.2 Å². The van der Waals surface area contributed by atoms with Gasteiger partial charge in [-0.15, -0.1) is 0 Å². The van der Waals surface area contributed by atoms with Crippen molar-refractivity contribution in [3.05, 3.63) is 70.5 Å². The Kier molecular flexibility index (Phi) is 6.88. The summed E-state index contributed by atoms with van der Waals surface area (Å²) < 4.78 is 25.1. The summed E-state index contributed by atoms with van der Waals surface area (Å²) in [5.41, 5.74) is 4.74. The number of aliphatic carboxylic acids is 1. The summed E-state index contributed by atoms with van der Waals surface area (Å²) in [4.78, 5) is 11.9. The predicted molar refractivity (Wildman–Crippen MR) is 105 cm³/mol. The van der Waals surface area contributed by atoms with E-state index in [0.29, 0.717) is 11.1 Å². The average Bonchev–Trinajstić information content (AvgIpc) is 2.80. The third-order valence-corrected chi connectivity index (χ3v) is 5.24. The average molecular weight is 380 g/mol. The molecule has 0 heterocycles. The van der Waals surface area contributed by atoms with Crippen molar-refractivity contribution in [3.8, 4) is 0 Å². The van der Waals surface area contributed by atoms with Crippen molar-refractivity contribution in [2.24, 2.45) is 0 Å². The Hall–Kier alpha value is -1.37. The number of carboxylic acid groups (broad SMARTS) is 1. The SMILES string of the molecule is CC1=C(CC(=O)O)c2cc(F)ccc2C1=Cc1ccc([S@+](C)[O-])cc1.[NaH]. The quantitative estimate of drug-likeness (QED) is 0.650. The summed E-state index contributed by atoms with van der Waals surface area (Å²) in [5, 5.41) is 9.17. The first-order chi connectivity index (χ1) is 11.9. The first-order valence-electron chi connectivity index (χ1n) is 7.74. The predicted octanol–water partition coefficient (Wildman–Crippen LogP) is 3.72. The fourth-order valence-corrected chi connectivity index (χ4v) is 3.57. The van der Waals surface area contributed by atoms with E-state index < -0.39 is 17.1 Å². The van der Waals surface area contributed by atoms with Gasteiger partial charge in [-0.05, 0) is 94.0 Å². The van der Waals surface area contributed by atoms with Crippen LogP contribution in [0.1, 0.15) is 30.0 Å². The summed E-state index contributed by atoms with van der Waals surface area (Å²) in [5.74, 6) is -1.33. The zero-order chi connectivity index (χ0) is 18.1. The van der Waals surface area contributed by atoms with E-state index in [1.165, 1.54) is 12.1 Å². The molecule has 6 heteroatoms. The molecule has 2 aromatic carbocycles. The molecular weight excluding hydrogens is 362 g/mol. The summed E-state index contributed by atoms with van der Waals surface area (Å²) >= 11 is -1.04. The van der Waals surface area contributed by atoms with Crippen molar-refractivity contribution in [2.45, 2.75) is 18.2 Å². The van der Waals surface area contributed by atoms with Gasteiger partial charge in [0.15, 0.2) is 4.90 Å². The van der Waals surface area contributed by atoms with Crippen molar-refractivity contribution in [3.63, 3.8) is 0 Å². The van der Waals surface area contributed by atoms with Crippen LogP contribution in [-0.4, -0.2) is 51.4 Å². The van der Waals surface area contributed by atoms with Crippen LogP contribution in [0.5, 0.6) is 0 Å². The molecule has 0 unspecified atom stereocenters. The molecule has 0 amide bonds. The van der Waals surface area contributed by atoms with Gasteiger partial charge in [-0.3, -0.25) is 4.79 Å². The number of hydrogen-bond acceptors (Lipinski definition) is 2. The molecule has 0 aliphatic heterocycles. The second kappa shape index (κ2) is 8.55. The molecule has 0 saturated carbocycles. The molecule has 0 bridgehead atoms. The maximum absolute atomic E-state index is 13.7. The van der Waals surface area contributed by atoms with Gasteiger partial charge in [-0.25, -0.2) is 4.39 Å². The van der Waals surface area contributed by atoms with E-state index in [9.17, 15) is 13.7 Å². The molecule has 1 atom stereocenters. The molecule has 0 aromatic heterocycles. The van der Waals surface area contributed by atoms with E-state index in [1.54, 1.807) is 24.5 Å². The minimum absolute atomic E-state index is 0. The zero-order valence-corrected chi connectivity index (χ0v) is 14.7. The van der Waals surface area contributed by atoms with Gasteiger partial charge in [0.1, 0.15) is 12.1 Å². The summed E-state index contributed by atoms with van der Waals surface area (Å²) in [7, 11) is 0. The molecule has 3 nitrogen and oxygen atoms in total. The van der Waals surface area contributed by atoms with Crippen molar-refractivity contribution < 1.29 is 18.8 Å². The van der Waals surface area contributed by atoms with Gasteiger partial charge in [0, 0.05) is 0 Å². The Balaban J connectivity index is 0.00000243. The summed E-state index contributed by atoms with van der Waals surface area (Å²) in [6, 6.07) is 11.8. The summed E-state index contributed by atoms with van der Waals surface area (Å²) in [6.45, 7) is 1.86. The Morgan fingerprint density at radius 3 is 2.42 bits per heavy atom. The molecule has 130 valence electrons. The molecule has 26 heavy (non-hydrogen) atoms. The third kappa shape index (κ3) is 4.30. The van der Waals surface area contributed by atoms with Gasteiger partial charge >= 0.3 is 35.5 Å². The third-order valence-electron chi connectivity index (χ3n) is 4.30. The fourth-order valence-electron chi connectivity index (χ4n) is 3.05. The van der Waals surface area contributed by atoms with Gasteiger partial charge in [0.2, 0.25) is 0 Å². The van der Waals surface area contributed by atoms with Gasteiger partial charge in [-0.1, -0.05) is 6.07 Å². The number of benzene rings is 2. The van der Waals surface area contributed by atoms with Crippen LogP contribution in [-0.2, 0) is 16.0 Å². The Labute approximate surface area is 177 Å². The van der Waals surface area contributed by atoms with E-state index in [-0.39, 0.29) is 41.8 Å². The molecule has 1 aliphatic rings. The van der Waals surface area contributed by atoms with E-state index in [4.69, 9.17) is 5.11 Å². The summed E-state index contributed by atoms with van der Waals surface area (Å²) in [6.07, 6.45) is 3.43. The number of carbonyl (C=O) groups is 1. The van der Waals surface area contributed by atoms with Crippen LogP contribution >= 0.6 is 0 Å². The first kappa shape index (κ1) is 20.9. The first-order valence-corrected chi connectivity index (χ1v) is 9.30. The Morgan fingerprint density at radius 1 is 1.19 bits per heavy atom. The second-order valence-corrected chi connectivity index (χ2v) is 7.32. The van der Waals surface area contributed by atoms with Crippen molar-refractivity contribution >= 4 is 63.9 Å². The molecule has 0 fully saturated rings. The van der Waals surface area contributed by atoms with Crippen LogP contribution in [0.4, 0.5) is 4.39 Å². The molecule has 0 saturated heterocycles. The van der Waals surface area contributed by atoms with Crippen LogP contribution in [0, 0.1) is 5.82 Å². The molecule has 1 aliphatic carbocycles. The number of rotatable bonds is 4. The van der Waals surface area contributed by atoms with Gasteiger partial charge in [-0.2, -0.15) is 0 Å². The number of allylic oxidation sites excluding steroid dienone is 2. The van der Waals surface area contributed by atoms with E-state index in [0.717, 1.165) is 27.2 Å². The number of hydrogen-bond donors (Lipinski definition) is 1. The number of halogens is 1. The molecule has 2 aromatic rings. The van der Waals surface area contributed by atoms with Crippen LogP contribution in [0.2, 0.25) is 0 Å². The molecular formula is C20H18FNaO3S. The molecule has 0 radical (unpaired) electrons. The molecule has 3 rings (SSSR count). The fraction of sp³-hybridized carbons (Fsp3) is 0.150. The van der Waals surface area contributed by atoms with E-state index in [2.05, 4.69) is 0 Å². The monoisotopic (exact) mass is 380 g/mol. The van der Waals surface area contributed by atoms with Gasteiger partial charge in [0.25, 0.3) is 0 Å². The van der Waals surface area contributed by atoms with Crippen LogP contribution < -0.4 is 0 Å². The normalized spacial score (nSPS) is 15.6. The standard InChI is InChI=1S/C20H17FO3S.Na.H/c1-12-17(9-13-3-6-15(7-4-13)25(2)24)16-8-5-14(21)10-19(16)18(12)11-20(22)23;;/h3-10H,11H2,1-2H3,(H,22,23);;/t25-;;/m0../s1. The Bertz CT molecular complexity index is 902. The zero-order valence-electron chi connectivity index (χ0n) is 13.9. The van der Waals surface area contributed by atoms with E-state index in [1.807, 2.05) is 25.1 Å². The van der Waals surface area contributed by atoms with Crippen molar-refractivity contribution in [2.75, 3.05) is 6.26 Å². The molecule has 1 N–H and O–H groups in total. The topological polar surface area (TPSA) is 60.4 Å².